The van der Waals surface area contributed by atoms with Gasteiger partial charge in [0.2, 0.25) is 0 Å². The second-order valence-corrected chi connectivity index (χ2v) is 19.2. The van der Waals surface area contributed by atoms with Gasteiger partial charge < -0.3 is 28.4 Å². The maximum atomic E-state index is 12.2. The number of rotatable bonds is 5. The Morgan fingerprint density at radius 2 is 1.23 bits per heavy atom. The molecule has 2 amide bonds. The third kappa shape index (κ3) is 13.8. The Kier molecular flexibility index (Phi) is 15.1. The van der Waals surface area contributed by atoms with Crippen LogP contribution in [0.1, 0.15) is 89.5 Å². The summed E-state index contributed by atoms with van der Waals surface area (Å²) < 4.78 is 21.6. The summed E-state index contributed by atoms with van der Waals surface area (Å²) in [4.78, 5) is 62.6. The highest BCUT2D eigenvalue weighted by atomic mass is 28.4. The molecule has 0 aromatic rings. The first-order valence-electron chi connectivity index (χ1n) is 14.8. The highest BCUT2D eigenvalue weighted by Crippen LogP contribution is 2.37. The smallest absolute Gasteiger partial charge is 0.410 e. The Bertz CT molecular complexity index is 977. The summed E-state index contributed by atoms with van der Waals surface area (Å²) >= 11 is 0. The molecule has 0 aliphatic carbocycles. The van der Waals surface area contributed by atoms with E-state index in [-0.39, 0.29) is 62.2 Å². The molecule has 2 heterocycles. The summed E-state index contributed by atoms with van der Waals surface area (Å²) in [6, 6.07) is 0. The van der Waals surface area contributed by atoms with Crippen LogP contribution in [0.2, 0.25) is 18.1 Å². The lowest BCUT2D eigenvalue weighted by Gasteiger charge is -2.39. The fourth-order valence-electron chi connectivity index (χ4n) is 3.85. The second kappa shape index (κ2) is 16.0. The molecule has 2 rings (SSSR count). The number of ether oxygens (including phenoxy) is 3. The maximum Gasteiger partial charge on any atom is 0.410 e. The van der Waals surface area contributed by atoms with Gasteiger partial charge in [-0.3, -0.25) is 14.4 Å². The third-order valence-electron chi connectivity index (χ3n) is 7.27. The van der Waals surface area contributed by atoms with Crippen molar-refractivity contribution in [3.05, 3.63) is 0 Å². The monoisotopic (exact) mass is 630 g/mol. The minimum absolute atomic E-state index is 0. The van der Waals surface area contributed by atoms with Gasteiger partial charge >= 0.3 is 18.2 Å². The SMILES string of the molecule is C.CC(C)(C)OC(=O)N1CCC(=O)C(CO[Si](C)(C)C(C)(C)C)C1.CCOC(=O)C1CN(C(=O)OC(C)(C)C)CCC1=O. The molecule has 0 aromatic heterocycles. The molecule has 0 N–H and O–H groups in total. The Morgan fingerprint density at radius 3 is 1.65 bits per heavy atom. The van der Waals surface area contributed by atoms with Crippen molar-refractivity contribution in [2.75, 3.05) is 39.4 Å². The Labute approximate surface area is 260 Å². The zero-order chi connectivity index (χ0) is 32.7. The molecule has 0 spiro atoms. The molecule has 0 saturated carbocycles. The number of ketones is 2. The summed E-state index contributed by atoms with van der Waals surface area (Å²) in [6.45, 7) is 25.1. The number of nitrogens with zero attached hydrogens (tertiary/aromatic N) is 2. The third-order valence-corrected chi connectivity index (χ3v) is 11.8. The maximum absolute atomic E-state index is 12.2. The van der Waals surface area contributed by atoms with Crippen molar-refractivity contribution in [1.29, 1.82) is 0 Å². The van der Waals surface area contributed by atoms with E-state index in [1.54, 1.807) is 32.6 Å². The van der Waals surface area contributed by atoms with E-state index < -0.39 is 37.5 Å². The number of hydrogen-bond acceptors (Lipinski definition) is 9. The lowest BCUT2D eigenvalue weighted by molar-refractivity contribution is -0.153. The molecule has 2 aliphatic rings. The molecule has 0 radical (unpaired) electrons. The molecule has 2 aliphatic heterocycles. The average molecular weight is 631 g/mol. The number of carbonyl (C=O) groups excluding carboxylic acids is 5. The molecule has 0 bridgehead atoms. The lowest BCUT2D eigenvalue weighted by atomic mass is 9.97. The van der Waals surface area contributed by atoms with Gasteiger partial charge in [-0.05, 0) is 66.6 Å². The number of amides is 2. The van der Waals surface area contributed by atoms with Crippen LogP contribution in [0.5, 0.6) is 0 Å². The van der Waals surface area contributed by atoms with Crippen LogP contribution < -0.4 is 0 Å². The van der Waals surface area contributed by atoms with E-state index in [9.17, 15) is 24.0 Å². The van der Waals surface area contributed by atoms with Crippen molar-refractivity contribution < 1.29 is 42.6 Å². The molecule has 2 fully saturated rings. The van der Waals surface area contributed by atoms with Gasteiger partial charge in [0, 0.05) is 45.6 Å². The van der Waals surface area contributed by atoms with Gasteiger partial charge in [-0.15, -0.1) is 0 Å². The largest absolute Gasteiger partial charge is 0.465 e. The van der Waals surface area contributed by atoms with Gasteiger partial charge in [-0.1, -0.05) is 28.2 Å². The van der Waals surface area contributed by atoms with Crippen LogP contribution in [-0.4, -0.2) is 98.4 Å². The Hall–Kier alpha value is -2.47. The van der Waals surface area contributed by atoms with E-state index in [1.165, 1.54) is 4.90 Å². The molecule has 2 saturated heterocycles. The normalized spacial score (nSPS) is 19.9. The van der Waals surface area contributed by atoms with Crippen molar-refractivity contribution in [3.63, 3.8) is 0 Å². The van der Waals surface area contributed by atoms with Gasteiger partial charge in [-0.2, -0.15) is 0 Å². The number of esters is 1. The molecular formula is C31H58N2O9Si. The lowest BCUT2D eigenvalue weighted by Crippen LogP contribution is -2.49. The van der Waals surface area contributed by atoms with Gasteiger partial charge in [0.1, 0.15) is 22.9 Å². The van der Waals surface area contributed by atoms with Gasteiger partial charge in [0.25, 0.3) is 0 Å². The van der Waals surface area contributed by atoms with Crippen molar-refractivity contribution in [1.82, 2.24) is 9.80 Å². The first-order valence-corrected chi connectivity index (χ1v) is 17.7. The molecule has 250 valence electrons. The predicted molar refractivity (Wildman–Crippen MR) is 168 cm³/mol. The summed E-state index contributed by atoms with van der Waals surface area (Å²) in [6.07, 6.45) is -0.315. The van der Waals surface area contributed by atoms with E-state index in [0.29, 0.717) is 26.1 Å². The number of piperidine rings is 2. The number of likely N-dealkylation sites (tertiary alicyclic amines) is 2. The average Bonchev–Trinajstić information content (AvgIpc) is 2.81. The minimum Gasteiger partial charge on any atom is -0.465 e. The van der Waals surface area contributed by atoms with Crippen LogP contribution in [0.15, 0.2) is 0 Å². The Balaban J connectivity index is 0.000000815. The number of carbonyl (C=O) groups is 5. The van der Waals surface area contributed by atoms with Crippen LogP contribution >= 0.6 is 0 Å². The minimum atomic E-state index is -1.89. The van der Waals surface area contributed by atoms with E-state index >= 15 is 0 Å². The van der Waals surface area contributed by atoms with Gasteiger partial charge in [0.15, 0.2) is 14.1 Å². The Morgan fingerprint density at radius 1 is 0.791 bits per heavy atom. The van der Waals surface area contributed by atoms with E-state index in [4.69, 9.17) is 18.6 Å². The summed E-state index contributed by atoms with van der Waals surface area (Å²) in [5.41, 5.74) is -1.12. The standard InChI is InChI=1S/C17H33NO4Si.C13H21NO5.CH4/c1-16(2,3)22-15(20)18-10-9-14(19)13(11-18)12-21-23(7,8)17(4,5)6;1-5-18-11(16)9-8-14(7-6-10(9)15)12(17)19-13(2,3)4;/h13H,9-12H2,1-8H3;9H,5-8H2,1-4H3;1H4. The van der Waals surface area contributed by atoms with Crippen LogP contribution in [0, 0.1) is 11.8 Å². The highest BCUT2D eigenvalue weighted by Gasteiger charge is 2.40. The predicted octanol–water partition coefficient (Wildman–Crippen LogP) is 5.85. The topological polar surface area (TPSA) is 129 Å². The van der Waals surface area contributed by atoms with E-state index in [1.807, 2.05) is 20.8 Å². The first-order chi connectivity index (χ1) is 19.0. The van der Waals surface area contributed by atoms with E-state index in [2.05, 4.69) is 33.9 Å². The zero-order valence-electron chi connectivity index (χ0n) is 27.9. The summed E-state index contributed by atoms with van der Waals surface area (Å²) in [5.74, 6) is -1.70. The van der Waals surface area contributed by atoms with Gasteiger partial charge in [-0.25, -0.2) is 9.59 Å². The van der Waals surface area contributed by atoms with Crippen LogP contribution in [0.3, 0.4) is 0 Å². The second-order valence-electron chi connectivity index (χ2n) is 14.4. The van der Waals surface area contributed by atoms with Crippen molar-refractivity contribution >= 4 is 38.0 Å². The zero-order valence-corrected chi connectivity index (χ0v) is 28.9. The van der Waals surface area contributed by atoms with Crippen molar-refractivity contribution in [3.8, 4) is 0 Å². The number of hydrogen-bond donors (Lipinski definition) is 0. The molecule has 12 heteroatoms. The molecule has 2 unspecified atom stereocenters. The molecular weight excluding hydrogens is 572 g/mol. The number of Topliss-reactive ketones (excluding diaryl/α,β-unsaturated/α-hetero) is 2. The quantitative estimate of drug-likeness (QED) is 0.159. The first kappa shape index (κ1) is 40.5. The van der Waals surface area contributed by atoms with Crippen molar-refractivity contribution in [2.45, 2.75) is 119 Å². The molecule has 43 heavy (non-hydrogen) atoms. The highest BCUT2D eigenvalue weighted by molar-refractivity contribution is 6.74. The molecule has 2 atom stereocenters. The van der Waals surface area contributed by atoms with Gasteiger partial charge in [0.05, 0.1) is 12.5 Å². The summed E-state index contributed by atoms with van der Waals surface area (Å²) in [5, 5.41) is 0.107. The summed E-state index contributed by atoms with van der Waals surface area (Å²) in [7, 11) is -1.89. The van der Waals surface area contributed by atoms with Crippen LogP contribution in [-0.2, 0) is 33.0 Å². The molecule has 0 aromatic carbocycles. The van der Waals surface area contributed by atoms with Crippen LogP contribution in [0.25, 0.3) is 0 Å². The van der Waals surface area contributed by atoms with Crippen molar-refractivity contribution in [2.24, 2.45) is 11.8 Å². The fourth-order valence-corrected chi connectivity index (χ4v) is 4.90. The van der Waals surface area contributed by atoms with Crippen LogP contribution in [0.4, 0.5) is 9.59 Å². The van der Waals surface area contributed by atoms with E-state index in [0.717, 1.165) is 0 Å². The fraction of sp³-hybridized carbons (Fsp3) is 0.839. The molecule has 11 nitrogen and oxygen atoms in total.